The van der Waals surface area contributed by atoms with Gasteiger partial charge in [0.25, 0.3) is 0 Å². The van der Waals surface area contributed by atoms with Crippen LogP contribution in [-0.2, 0) is 11.0 Å². The predicted octanol–water partition coefficient (Wildman–Crippen LogP) is 7.92. The summed E-state index contributed by atoms with van der Waals surface area (Å²) in [6.45, 7) is 7.97. The molecule has 7 heteroatoms. The zero-order valence-corrected chi connectivity index (χ0v) is 20.9. The van der Waals surface area contributed by atoms with E-state index < -0.39 is 22.6 Å². The number of benzene rings is 3. The van der Waals surface area contributed by atoms with Crippen LogP contribution in [0.5, 0.6) is 0 Å². The molecule has 0 amide bonds. The Morgan fingerprint density at radius 3 is 2.18 bits per heavy atom. The fraction of sp³-hybridized carbons (Fsp3) is 0.148. The molecule has 0 radical (unpaired) electrons. The number of hydrogen-bond donors (Lipinski definition) is 0. The van der Waals surface area contributed by atoms with E-state index in [0.29, 0.717) is 10.4 Å². The van der Waals surface area contributed by atoms with Gasteiger partial charge in [0.15, 0.2) is 11.0 Å². The van der Waals surface area contributed by atoms with Crippen molar-refractivity contribution in [1.29, 1.82) is 0 Å². The first-order chi connectivity index (χ1) is 16.4. The molecule has 3 aromatic carbocycles. The zero-order chi connectivity index (χ0) is 24.4. The van der Waals surface area contributed by atoms with Crippen molar-refractivity contribution in [3.8, 4) is 22.5 Å². The molecule has 2 heterocycles. The molecule has 34 heavy (non-hydrogen) atoms. The predicted molar refractivity (Wildman–Crippen MR) is 137 cm³/mol. The summed E-state index contributed by atoms with van der Waals surface area (Å²) in [6, 6.07) is 20.0. The second-order valence-electron chi connectivity index (χ2n) is 7.39. The van der Waals surface area contributed by atoms with Gasteiger partial charge in [-0.25, -0.2) is 18.0 Å². The topological polar surface area (TPSA) is 34.9 Å². The molecule has 0 spiro atoms. The molecule has 0 saturated carbocycles. The smallest absolute Gasteiger partial charge is 0.157 e. The number of aryl methyl sites for hydroxylation is 2. The largest absolute Gasteiger partial charge is 0.255 e. The van der Waals surface area contributed by atoms with E-state index in [-0.39, 0.29) is 11.3 Å². The zero-order valence-electron chi connectivity index (χ0n) is 19.3. The van der Waals surface area contributed by atoms with Gasteiger partial charge in [-0.3, -0.25) is 3.97 Å². The Morgan fingerprint density at radius 2 is 1.56 bits per heavy atom. The summed E-state index contributed by atoms with van der Waals surface area (Å²) in [5.74, 6) is -1.41. The number of thiazole rings is 1. The Morgan fingerprint density at radius 1 is 0.882 bits per heavy atom. The van der Waals surface area contributed by atoms with E-state index in [0.717, 1.165) is 26.5 Å². The average Bonchev–Trinajstić information content (AvgIpc) is 3.38. The van der Waals surface area contributed by atoms with Crippen LogP contribution in [0.2, 0.25) is 0 Å². The van der Waals surface area contributed by atoms with Gasteiger partial charge in [0.2, 0.25) is 0 Å². The van der Waals surface area contributed by atoms with Crippen LogP contribution in [0.1, 0.15) is 23.7 Å². The Kier molecular flexibility index (Phi) is 7.05. The summed E-state index contributed by atoms with van der Waals surface area (Å²) in [4.78, 5) is 6.25. The molecule has 5 aromatic rings. The molecule has 1 atom stereocenters. The van der Waals surface area contributed by atoms with E-state index in [1.165, 1.54) is 22.2 Å². The quantitative estimate of drug-likeness (QED) is 0.254. The van der Waals surface area contributed by atoms with Crippen LogP contribution in [0, 0.1) is 25.5 Å². The first kappa shape index (κ1) is 24.0. The first-order valence-corrected chi connectivity index (χ1v) is 12.9. The highest BCUT2D eigenvalue weighted by molar-refractivity contribution is 7.83. The van der Waals surface area contributed by atoms with Gasteiger partial charge >= 0.3 is 0 Å². The van der Waals surface area contributed by atoms with Crippen molar-refractivity contribution in [2.24, 2.45) is 0 Å². The standard InChI is InChI=1S/C25H18F2N2OS2.C2H6/c1-15-25(28-16(2)31-15)17-11-12-22-18(13-17)14-23(24-20(26)9-6-10-21(24)27)29(22)32(30)19-7-4-3-5-8-19;1-2/h3-14H,1-2H3;1-2H3. The van der Waals surface area contributed by atoms with Crippen LogP contribution in [0.3, 0.4) is 0 Å². The number of rotatable bonds is 4. The van der Waals surface area contributed by atoms with E-state index in [1.54, 1.807) is 41.7 Å². The number of aromatic nitrogens is 2. The highest BCUT2D eigenvalue weighted by Gasteiger charge is 2.22. The van der Waals surface area contributed by atoms with Crippen LogP contribution in [-0.4, -0.2) is 13.2 Å². The number of hydrogen-bond acceptors (Lipinski definition) is 3. The molecule has 2 aromatic heterocycles. The lowest BCUT2D eigenvalue weighted by Crippen LogP contribution is -2.07. The summed E-state index contributed by atoms with van der Waals surface area (Å²) in [6.07, 6.45) is 0. The lowest BCUT2D eigenvalue weighted by atomic mass is 10.1. The molecule has 0 aliphatic carbocycles. The molecule has 0 aliphatic rings. The number of fused-ring (bicyclic) bond motifs is 1. The fourth-order valence-electron chi connectivity index (χ4n) is 3.87. The maximum atomic E-state index is 14.7. The normalized spacial score (nSPS) is 11.8. The van der Waals surface area contributed by atoms with Gasteiger partial charge < -0.3 is 0 Å². The monoisotopic (exact) mass is 494 g/mol. The minimum absolute atomic E-state index is 0.199. The second kappa shape index (κ2) is 9.99. The minimum atomic E-state index is -1.70. The minimum Gasteiger partial charge on any atom is -0.255 e. The summed E-state index contributed by atoms with van der Waals surface area (Å²) >= 11 is 1.62. The van der Waals surface area contributed by atoms with E-state index in [4.69, 9.17) is 0 Å². The van der Waals surface area contributed by atoms with Crippen molar-refractivity contribution in [3.05, 3.63) is 94.3 Å². The van der Waals surface area contributed by atoms with Crippen molar-refractivity contribution in [2.75, 3.05) is 0 Å². The van der Waals surface area contributed by atoms with Crippen molar-refractivity contribution >= 4 is 33.2 Å². The SMILES string of the molecule is CC.Cc1nc(-c2ccc3c(c2)cc(-c2c(F)cccc2F)n3S(=O)c2ccccc2)c(C)s1. The van der Waals surface area contributed by atoms with Crippen molar-refractivity contribution in [1.82, 2.24) is 8.96 Å². The molecule has 0 bridgehead atoms. The third-order valence-corrected chi connectivity index (χ3v) is 7.55. The lowest BCUT2D eigenvalue weighted by Gasteiger charge is -2.12. The highest BCUT2D eigenvalue weighted by Crippen LogP contribution is 2.36. The van der Waals surface area contributed by atoms with E-state index in [2.05, 4.69) is 4.98 Å². The second-order valence-corrected chi connectivity index (χ2v) is 10.1. The summed E-state index contributed by atoms with van der Waals surface area (Å²) in [5.41, 5.74) is 2.43. The maximum absolute atomic E-state index is 14.7. The number of halogens is 2. The summed E-state index contributed by atoms with van der Waals surface area (Å²) in [7, 11) is -1.70. The molecular weight excluding hydrogens is 470 g/mol. The van der Waals surface area contributed by atoms with Crippen LogP contribution in [0.25, 0.3) is 33.4 Å². The molecule has 1 unspecified atom stereocenters. The van der Waals surface area contributed by atoms with Crippen LogP contribution < -0.4 is 0 Å². The Labute approximate surface area is 204 Å². The van der Waals surface area contributed by atoms with Gasteiger partial charge in [-0.1, -0.05) is 44.2 Å². The molecule has 0 N–H and O–H groups in total. The van der Waals surface area contributed by atoms with Crippen molar-refractivity contribution in [3.63, 3.8) is 0 Å². The van der Waals surface area contributed by atoms with Gasteiger partial charge in [-0.05, 0) is 56.3 Å². The third kappa shape index (κ3) is 4.33. The van der Waals surface area contributed by atoms with Crippen molar-refractivity contribution in [2.45, 2.75) is 32.6 Å². The molecule has 0 fully saturated rings. The van der Waals surface area contributed by atoms with Crippen LogP contribution >= 0.6 is 11.3 Å². The molecular formula is C27H24F2N2OS2. The van der Waals surface area contributed by atoms with Gasteiger partial charge in [-0.15, -0.1) is 11.3 Å². The fourth-order valence-corrected chi connectivity index (χ4v) is 5.98. The van der Waals surface area contributed by atoms with Gasteiger partial charge in [0.05, 0.1) is 32.4 Å². The van der Waals surface area contributed by atoms with E-state index in [9.17, 15) is 13.0 Å². The summed E-state index contributed by atoms with van der Waals surface area (Å²) in [5, 5.41) is 1.70. The third-order valence-electron chi connectivity index (χ3n) is 5.26. The molecule has 174 valence electrons. The molecule has 0 aliphatic heterocycles. The Bertz CT molecular complexity index is 1470. The molecule has 3 nitrogen and oxygen atoms in total. The molecule has 0 saturated heterocycles. The maximum Gasteiger partial charge on any atom is 0.157 e. The van der Waals surface area contributed by atoms with E-state index >= 15 is 0 Å². The van der Waals surface area contributed by atoms with E-state index in [1.807, 2.05) is 52.0 Å². The van der Waals surface area contributed by atoms with Gasteiger partial charge in [-0.2, -0.15) is 0 Å². The van der Waals surface area contributed by atoms with Crippen LogP contribution in [0.4, 0.5) is 8.78 Å². The van der Waals surface area contributed by atoms with Crippen LogP contribution in [0.15, 0.2) is 77.7 Å². The first-order valence-electron chi connectivity index (χ1n) is 11.0. The highest BCUT2D eigenvalue weighted by atomic mass is 32.2. The Hall–Kier alpha value is -3.16. The summed E-state index contributed by atoms with van der Waals surface area (Å²) < 4.78 is 44.6. The van der Waals surface area contributed by atoms with Crippen molar-refractivity contribution < 1.29 is 13.0 Å². The Balaban J connectivity index is 0.00000133. The number of nitrogens with zero attached hydrogens (tertiary/aromatic N) is 2. The van der Waals surface area contributed by atoms with Gasteiger partial charge in [0.1, 0.15) is 11.6 Å². The van der Waals surface area contributed by atoms with Gasteiger partial charge in [0, 0.05) is 15.8 Å². The lowest BCUT2D eigenvalue weighted by molar-refractivity contribution is 0.588. The average molecular weight is 495 g/mol. The molecule has 5 rings (SSSR count).